The van der Waals surface area contributed by atoms with Gasteiger partial charge in [-0.15, -0.1) is 0 Å². The summed E-state index contributed by atoms with van der Waals surface area (Å²) in [6, 6.07) is 12.8. The maximum atomic E-state index is 9.82. The number of nitrogens with one attached hydrogen (secondary N) is 2. The van der Waals surface area contributed by atoms with E-state index >= 15 is 0 Å². The molecule has 0 atom stereocenters. The second-order valence-corrected chi connectivity index (χ2v) is 7.04. The molecule has 3 rings (SSSR count). The van der Waals surface area contributed by atoms with Crippen LogP contribution in [-0.2, 0) is 29.0 Å². The van der Waals surface area contributed by atoms with Crippen LogP contribution in [0.25, 0.3) is 0 Å². The second-order valence-electron chi connectivity index (χ2n) is 7.04. The summed E-state index contributed by atoms with van der Waals surface area (Å²) in [5, 5.41) is 16.5. The van der Waals surface area contributed by atoms with Crippen molar-refractivity contribution in [1.29, 1.82) is 5.26 Å². The number of benzene rings is 1. The lowest BCUT2D eigenvalue weighted by Gasteiger charge is -2.31. The van der Waals surface area contributed by atoms with Crippen LogP contribution < -0.4 is 10.6 Å². The summed E-state index contributed by atoms with van der Waals surface area (Å²) < 4.78 is 10.3. The van der Waals surface area contributed by atoms with Crippen molar-refractivity contribution in [3.05, 3.63) is 52.6 Å². The molecule has 1 aromatic heterocycles. The third-order valence-corrected chi connectivity index (χ3v) is 5.03. The Morgan fingerprint density at radius 2 is 1.72 bits per heavy atom. The highest BCUT2D eigenvalue weighted by molar-refractivity contribution is 5.66. The van der Waals surface area contributed by atoms with Crippen molar-refractivity contribution in [3.8, 4) is 6.07 Å². The first kappa shape index (κ1) is 21.1. The van der Waals surface area contributed by atoms with Crippen molar-refractivity contribution >= 4 is 11.6 Å². The Bertz CT molecular complexity index is 835. The van der Waals surface area contributed by atoms with Gasteiger partial charge in [0, 0.05) is 52.5 Å². The molecule has 0 spiro atoms. The number of ether oxygens (including phenoxy) is 2. The average molecular weight is 396 g/mol. The van der Waals surface area contributed by atoms with E-state index in [0.29, 0.717) is 37.7 Å². The van der Waals surface area contributed by atoms with E-state index in [1.807, 2.05) is 6.07 Å². The fourth-order valence-corrected chi connectivity index (χ4v) is 3.60. The van der Waals surface area contributed by atoms with Gasteiger partial charge in [-0.1, -0.05) is 30.3 Å². The molecule has 0 aliphatic carbocycles. The minimum atomic E-state index is 0.556. The molecule has 0 bridgehead atoms. The molecule has 0 unspecified atom stereocenters. The van der Waals surface area contributed by atoms with E-state index in [-0.39, 0.29) is 0 Å². The van der Waals surface area contributed by atoms with Gasteiger partial charge in [-0.05, 0) is 17.5 Å². The number of hydrogen-bond acceptors (Lipinski definition) is 7. The Kier molecular flexibility index (Phi) is 7.82. The number of nitrogens with zero attached hydrogens (tertiary/aromatic N) is 3. The zero-order valence-corrected chi connectivity index (χ0v) is 17.2. The predicted octanol–water partition coefficient (Wildman–Crippen LogP) is 2.63. The van der Waals surface area contributed by atoms with Crippen LogP contribution in [0, 0.1) is 11.3 Å². The van der Waals surface area contributed by atoms with Crippen LogP contribution in [0.4, 0.5) is 11.6 Å². The van der Waals surface area contributed by atoms with E-state index in [2.05, 4.69) is 45.9 Å². The van der Waals surface area contributed by atoms with Gasteiger partial charge in [0.1, 0.15) is 17.7 Å². The lowest BCUT2D eigenvalue weighted by molar-refractivity contribution is 0.210. The standard InChI is InChI=1S/C22H29N5O2/c1-28-12-9-24-21-19(14-23)18-8-11-27(15-17-6-4-3-5-7-17)16-20(18)22(26-21)25-10-13-29-2/h3-7H,8-13,15-16H2,1-2H3,(H2,24,25,26). The molecule has 7 nitrogen and oxygen atoms in total. The molecule has 0 saturated heterocycles. The predicted molar refractivity (Wildman–Crippen MR) is 114 cm³/mol. The van der Waals surface area contributed by atoms with Crippen LogP contribution in [0.5, 0.6) is 0 Å². The van der Waals surface area contributed by atoms with E-state index in [4.69, 9.17) is 14.5 Å². The SMILES string of the molecule is COCCNc1nc(NCCOC)c2c(c1C#N)CCN(Cc1ccccc1)C2. The second kappa shape index (κ2) is 10.8. The van der Waals surface area contributed by atoms with Crippen molar-refractivity contribution in [2.24, 2.45) is 0 Å². The van der Waals surface area contributed by atoms with Crippen molar-refractivity contribution in [1.82, 2.24) is 9.88 Å². The quantitative estimate of drug-likeness (QED) is 0.599. The zero-order chi connectivity index (χ0) is 20.5. The number of hydrogen-bond donors (Lipinski definition) is 2. The molecule has 1 aliphatic rings. The van der Waals surface area contributed by atoms with E-state index in [1.165, 1.54) is 5.56 Å². The number of aromatic nitrogens is 1. The molecule has 2 N–H and O–H groups in total. The number of rotatable bonds is 10. The molecule has 0 amide bonds. The summed E-state index contributed by atoms with van der Waals surface area (Å²) in [7, 11) is 3.34. The smallest absolute Gasteiger partial charge is 0.146 e. The van der Waals surface area contributed by atoms with Gasteiger partial charge in [-0.25, -0.2) is 4.98 Å². The molecule has 29 heavy (non-hydrogen) atoms. The Labute approximate surface area is 172 Å². The van der Waals surface area contributed by atoms with E-state index in [1.54, 1.807) is 14.2 Å². The molecule has 1 aromatic carbocycles. The molecule has 0 radical (unpaired) electrons. The van der Waals surface area contributed by atoms with Crippen LogP contribution >= 0.6 is 0 Å². The Morgan fingerprint density at radius 1 is 1.03 bits per heavy atom. The molecule has 0 fully saturated rings. The summed E-state index contributed by atoms with van der Waals surface area (Å²) in [5.74, 6) is 1.45. The highest BCUT2D eigenvalue weighted by Crippen LogP contribution is 2.32. The van der Waals surface area contributed by atoms with Gasteiger partial charge in [0.25, 0.3) is 0 Å². The largest absolute Gasteiger partial charge is 0.383 e. The average Bonchev–Trinajstić information content (AvgIpc) is 2.75. The van der Waals surface area contributed by atoms with Crippen molar-refractivity contribution in [3.63, 3.8) is 0 Å². The lowest BCUT2D eigenvalue weighted by Crippen LogP contribution is -2.32. The summed E-state index contributed by atoms with van der Waals surface area (Å²) in [6.07, 6.45) is 0.825. The van der Waals surface area contributed by atoms with Crippen LogP contribution in [0.1, 0.15) is 22.3 Å². The maximum absolute atomic E-state index is 9.82. The van der Waals surface area contributed by atoms with Crippen LogP contribution in [0.15, 0.2) is 30.3 Å². The molecule has 2 aromatic rings. The monoisotopic (exact) mass is 395 g/mol. The number of nitriles is 1. The number of anilines is 2. The van der Waals surface area contributed by atoms with Gasteiger partial charge in [0.2, 0.25) is 0 Å². The Morgan fingerprint density at radius 3 is 2.38 bits per heavy atom. The molecule has 1 aliphatic heterocycles. The van der Waals surface area contributed by atoms with Crippen LogP contribution in [0.2, 0.25) is 0 Å². The van der Waals surface area contributed by atoms with Crippen LogP contribution in [-0.4, -0.2) is 57.0 Å². The molecule has 2 heterocycles. The van der Waals surface area contributed by atoms with Crippen LogP contribution in [0.3, 0.4) is 0 Å². The van der Waals surface area contributed by atoms with Gasteiger partial charge < -0.3 is 20.1 Å². The van der Waals surface area contributed by atoms with Gasteiger partial charge in [-0.2, -0.15) is 5.26 Å². The topological polar surface area (TPSA) is 82.4 Å². The van der Waals surface area contributed by atoms with E-state index in [9.17, 15) is 5.26 Å². The lowest BCUT2D eigenvalue weighted by atomic mass is 9.95. The Balaban J connectivity index is 1.87. The molecular formula is C22H29N5O2. The highest BCUT2D eigenvalue weighted by Gasteiger charge is 2.25. The zero-order valence-electron chi connectivity index (χ0n) is 17.2. The number of fused-ring (bicyclic) bond motifs is 1. The summed E-state index contributed by atoms with van der Waals surface area (Å²) in [6.45, 7) is 4.98. The fraction of sp³-hybridized carbons (Fsp3) is 0.455. The van der Waals surface area contributed by atoms with Crippen molar-refractivity contribution in [2.75, 3.05) is 57.7 Å². The van der Waals surface area contributed by atoms with Gasteiger partial charge in [0.15, 0.2) is 0 Å². The first-order chi connectivity index (χ1) is 14.3. The van der Waals surface area contributed by atoms with Gasteiger partial charge in [0.05, 0.1) is 18.8 Å². The summed E-state index contributed by atoms with van der Waals surface area (Å²) in [5.41, 5.74) is 4.13. The normalized spacial score (nSPS) is 13.6. The maximum Gasteiger partial charge on any atom is 0.146 e. The first-order valence-electron chi connectivity index (χ1n) is 9.94. The van der Waals surface area contributed by atoms with E-state index in [0.717, 1.165) is 43.0 Å². The van der Waals surface area contributed by atoms with Crippen molar-refractivity contribution < 1.29 is 9.47 Å². The number of pyridine rings is 1. The van der Waals surface area contributed by atoms with Gasteiger partial charge >= 0.3 is 0 Å². The third kappa shape index (κ3) is 5.45. The van der Waals surface area contributed by atoms with Gasteiger partial charge in [-0.3, -0.25) is 4.90 Å². The summed E-state index contributed by atoms with van der Waals surface area (Å²) >= 11 is 0. The minimum Gasteiger partial charge on any atom is -0.383 e. The molecule has 154 valence electrons. The number of methoxy groups -OCH3 is 2. The highest BCUT2D eigenvalue weighted by atomic mass is 16.5. The fourth-order valence-electron chi connectivity index (χ4n) is 3.60. The third-order valence-electron chi connectivity index (χ3n) is 5.03. The molecule has 7 heteroatoms. The van der Waals surface area contributed by atoms with E-state index < -0.39 is 0 Å². The first-order valence-corrected chi connectivity index (χ1v) is 9.94. The molecule has 0 saturated carbocycles. The minimum absolute atomic E-state index is 0.556. The molecular weight excluding hydrogens is 366 g/mol. The Hall–Kier alpha value is -2.66. The van der Waals surface area contributed by atoms with Crippen molar-refractivity contribution in [2.45, 2.75) is 19.5 Å². The summed E-state index contributed by atoms with van der Waals surface area (Å²) in [4.78, 5) is 7.16.